The highest BCUT2D eigenvalue weighted by molar-refractivity contribution is 5.56. The van der Waals surface area contributed by atoms with Gasteiger partial charge in [0.25, 0.3) is 0 Å². The van der Waals surface area contributed by atoms with Gasteiger partial charge in [0.05, 0.1) is 0 Å². The normalized spacial score (nSPS) is 26.6. The summed E-state index contributed by atoms with van der Waals surface area (Å²) in [5.41, 5.74) is 4.76. The van der Waals surface area contributed by atoms with Gasteiger partial charge in [0.2, 0.25) is 0 Å². The molecule has 0 bridgehead atoms. The fourth-order valence-electron chi connectivity index (χ4n) is 4.14. The molecule has 1 aliphatic carbocycles. The third-order valence-corrected chi connectivity index (χ3v) is 5.27. The Kier molecular flexibility index (Phi) is 2.57. The number of aryl methyl sites for hydroxylation is 1. The first-order valence-corrected chi connectivity index (χ1v) is 7.48. The van der Waals surface area contributed by atoms with Gasteiger partial charge in [0, 0.05) is 18.0 Å². The van der Waals surface area contributed by atoms with Crippen LogP contribution in [0.3, 0.4) is 0 Å². The molecule has 0 spiro atoms. The van der Waals surface area contributed by atoms with Gasteiger partial charge in [0.15, 0.2) is 11.5 Å². The Hall–Kier alpha value is -2.00. The van der Waals surface area contributed by atoms with Crippen LogP contribution in [0.2, 0.25) is 0 Å². The molecular weight excluding hydrogens is 262 g/mol. The van der Waals surface area contributed by atoms with E-state index in [0.29, 0.717) is 6.04 Å². The van der Waals surface area contributed by atoms with Crippen LogP contribution in [0.15, 0.2) is 36.4 Å². The summed E-state index contributed by atoms with van der Waals surface area (Å²) in [6, 6.07) is 12.4. The molecule has 1 unspecified atom stereocenters. The van der Waals surface area contributed by atoms with E-state index in [4.69, 9.17) is 0 Å². The van der Waals surface area contributed by atoms with E-state index < -0.39 is 0 Å². The van der Waals surface area contributed by atoms with Crippen LogP contribution in [0.25, 0.3) is 0 Å². The van der Waals surface area contributed by atoms with Gasteiger partial charge in [-0.15, -0.1) is 0 Å². The summed E-state index contributed by atoms with van der Waals surface area (Å²) >= 11 is 0. The average Bonchev–Trinajstić information content (AvgIpc) is 2.49. The molecule has 0 saturated carbocycles. The average molecular weight is 281 g/mol. The first-order valence-electron chi connectivity index (χ1n) is 7.48. The summed E-state index contributed by atoms with van der Waals surface area (Å²) in [5.74, 6) is -0.0495. The number of hydrogen-bond acceptors (Lipinski definition) is 3. The van der Waals surface area contributed by atoms with E-state index in [0.717, 1.165) is 30.5 Å². The van der Waals surface area contributed by atoms with Crippen molar-refractivity contribution < 1.29 is 10.2 Å². The molecule has 2 aromatic rings. The van der Waals surface area contributed by atoms with Gasteiger partial charge in [-0.2, -0.15) is 0 Å². The number of rotatable bonds is 0. The number of aromatic hydroxyl groups is 2. The number of nitrogens with one attached hydrogen (secondary N) is 1. The van der Waals surface area contributed by atoms with Gasteiger partial charge in [-0.3, -0.25) is 0 Å². The van der Waals surface area contributed by atoms with E-state index >= 15 is 0 Å². The molecule has 3 heteroatoms. The van der Waals surface area contributed by atoms with E-state index in [1.165, 1.54) is 11.1 Å². The zero-order valence-electron chi connectivity index (χ0n) is 12.1. The molecule has 3 N–H and O–H groups in total. The van der Waals surface area contributed by atoms with Crippen molar-refractivity contribution in [2.75, 3.05) is 0 Å². The van der Waals surface area contributed by atoms with Crippen LogP contribution in [0.4, 0.5) is 0 Å². The molecule has 108 valence electrons. The van der Waals surface area contributed by atoms with Gasteiger partial charge in [0.1, 0.15) is 0 Å². The van der Waals surface area contributed by atoms with Crippen molar-refractivity contribution >= 4 is 0 Å². The minimum atomic E-state index is -0.159. The molecule has 4 rings (SSSR count). The lowest BCUT2D eigenvalue weighted by Crippen LogP contribution is -2.53. The lowest BCUT2D eigenvalue weighted by atomic mass is 9.61. The van der Waals surface area contributed by atoms with E-state index in [1.54, 1.807) is 12.1 Å². The fourth-order valence-corrected chi connectivity index (χ4v) is 4.14. The van der Waals surface area contributed by atoms with Gasteiger partial charge >= 0.3 is 0 Å². The number of benzene rings is 2. The van der Waals surface area contributed by atoms with E-state index in [1.807, 2.05) is 0 Å². The molecule has 0 fully saturated rings. The fraction of sp³-hybridized carbons (Fsp3) is 0.333. The third-order valence-electron chi connectivity index (χ3n) is 5.27. The summed E-state index contributed by atoms with van der Waals surface area (Å²) < 4.78 is 0. The molecule has 1 heterocycles. The van der Waals surface area contributed by atoms with Crippen LogP contribution >= 0.6 is 0 Å². The Morgan fingerprint density at radius 2 is 1.81 bits per heavy atom. The second-order valence-electron chi connectivity index (χ2n) is 6.33. The molecule has 2 atom stereocenters. The highest BCUT2D eigenvalue weighted by atomic mass is 16.3. The minimum absolute atomic E-state index is 0.0205. The maximum Gasteiger partial charge on any atom is 0.157 e. The molecule has 0 aromatic heterocycles. The van der Waals surface area contributed by atoms with Gasteiger partial charge < -0.3 is 15.5 Å². The number of phenols is 2. The first-order chi connectivity index (χ1) is 10.1. The number of phenolic OH excluding ortho intramolecular Hbond substituents is 2. The molecule has 2 aliphatic rings. The van der Waals surface area contributed by atoms with Crippen molar-refractivity contribution in [3.8, 4) is 11.5 Å². The standard InChI is InChI=1S/C18H19NO2/c1-18-13-5-3-2-4-12(13)10-19-17(18)7-6-11-8-15(20)16(21)9-14(11)18/h2-5,8-9,17,19-21H,6-7,10H2,1H3/t17?,18-/m1/s1. The summed E-state index contributed by atoms with van der Waals surface area (Å²) in [7, 11) is 0. The number of hydrogen-bond donors (Lipinski definition) is 3. The predicted molar refractivity (Wildman–Crippen MR) is 81.6 cm³/mol. The molecular formula is C18H19NO2. The Bertz CT molecular complexity index is 725. The predicted octanol–water partition coefficient (Wildman–Crippen LogP) is 2.82. The van der Waals surface area contributed by atoms with Crippen molar-refractivity contribution in [3.05, 3.63) is 58.7 Å². The van der Waals surface area contributed by atoms with Crippen molar-refractivity contribution in [3.63, 3.8) is 0 Å². The quantitative estimate of drug-likeness (QED) is 0.651. The number of fused-ring (bicyclic) bond motifs is 5. The van der Waals surface area contributed by atoms with E-state index in [2.05, 4.69) is 36.5 Å². The molecule has 1 aliphatic heterocycles. The van der Waals surface area contributed by atoms with E-state index in [9.17, 15) is 10.2 Å². The van der Waals surface area contributed by atoms with Crippen LogP contribution in [0.5, 0.6) is 11.5 Å². The lowest BCUT2D eigenvalue weighted by molar-refractivity contribution is 0.298. The summed E-state index contributed by atoms with van der Waals surface area (Å²) in [5, 5.41) is 23.4. The Morgan fingerprint density at radius 1 is 1.05 bits per heavy atom. The monoisotopic (exact) mass is 281 g/mol. The zero-order chi connectivity index (χ0) is 14.6. The molecule has 21 heavy (non-hydrogen) atoms. The van der Waals surface area contributed by atoms with Gasteiger partial charge in [-0.1, -0.05) is 24.3 Å². The smallest absolute Gasteiger partial charge is 0.157 e. The lowest BCUT2D eigenvalue weighted by Gasteiger charge is -2.48. The molecule has 0 radical (unpaired) electrons. The minimum Gasteiger partial charge on any atom is -0.504 e. The van der Waals surface area contributed by atoms with Crippen molar-refractivity contribution in [1.29, 1.82) is 0 Å². The highest BCUT2D eigenvalue weighted by Gasteiger charge is 2.45. The van der Waals surface area contributed by atoms with Crippen molar-refractivity contribution in [2.24, 2.45) is 0 Å². The maximum atomic E-state index is 9.96. The Balaban J connectivity index is 2.00. The van der Waals surface area contributed by atoms with Crippen LogP contribution < -0.4 is 5.32 Å². The first kappa shape index (κ1) is 12.7. The summed E-state index contributed by atoms with van der Waals surface area (Å²) in [4.78, 5) is 0. The molecule has 3 nitrogen and oxygen atoms in total. The second-order valence-corrected chi connectivity index (χ2v) is 6.33. The van der Waals surface area contributed by atoms with Crippen LogP contribution in [0, 0.1) is 0 Å². The van der Waals surface area contributed by atoms with Crippen LogP contribution in [-0.4, -0.2) is 16.3 Å². The molecule has 0 saturated heterocycles. The van der Waals surface area contributed by atoms with Crippen molar-refractivity contribution in [1.82, 2.24) is 5.32 Å². The van der Waals surface area contributed by atoms with Crippen LogP contribution in [-0.2, 0) is 18.4 Å². The van der Waals surface area contributed by atoms with E-state index in [-0.39, 0.29) is 16.9 Å². The maximum absolute atomic E-state index is 9.96. The largest absolute Gasteiger partial charge is 0.504 e. The Morgan fingerprint density at radius 3 is 2.67 bits per heavy atom. The molecule has 2 aromatic carbocycles. The second kappa shape index (κ2) is 4.25. The zero-order valence-corrected chi connectivity index (χ0v) is 12.1. The summed E-state index contributed by atoms with van der Waals surface area (Å²) in [6.07, 6.45) is 1.97. The van der Waals surface area contributed by atoms with Crippen LogP contribution in [0.1, 0.15) is 35.6 Å². The highest BCUT2D eigenvalue weighted by Crippen LogP contribution is 2.48. The van der Waals surface area contributed by atoms with Gasteiger partial charge in [-0.25, -0.2) is 0 Å². The topological polar surface area (TPSA) is 52.5 Å². The Labute approximate surface area is 124 Å². The van der Waals surface area contributed by atoms with Crippen molar-refractivity contribution in [2.45, 2.75) is 37.8 Å². The third kappa shape index (κ3) is 1.64. The SMILES string of the molecule is C[C@@]12c3cc(O)c(O)cc3CCC1NCc1ccccc12. The van der Waals surface area contributed by atoms with Gasteiger partial charge in [-0.05, 0) is 54.2 Å². The molecule has 0 amide bonds. The summed E-state index contributed by atoms with van der Waals surface area (Å²) in [6.45, 7) is 3.15.